The van der Waals surface area contributed by atoms with E-state index in [1.54, 1.807) is 30.3 Å². The molecular formula is C24H20ClFN4O5. The van der Waals surface area contributed by atoms with Crippen LogP contribution in [0, 0.1) is 17.1 Å². The molecule has 0 fully saturated rings. The standard InChI is InChI=1S/C24H20ClFN4O5/c1-12(31)29-20-16(25)9-14(10-17(20)26)30-21(24(33)35-3)19(23(32)34-2)18(15(11-27)22(30)28)13-7-5-4-6-8-13/h4-10,18H,28H2,1-3H3,(H,29,31). The van der Waals surface area contributed by atoms with Gasteiger partial charge >= 0.3 is 11.9 Å². The van der Waals surface area contributed by atoms with Crippen LogP contribution < -0.4 is 16.0 Å². The summed E-state index contributed by atoms with van der Waals surface area (Å²) in [6.45, 7) is 1.18. The fourth-order valence-electron chi connectivity index (χ4n) is 3.77. The molecule has 0 bridgehead atoms. The fraction of sp³-hybridized carbons (Fsp3) is 0.167. The Morgan fingerprint density at radius 2 is 1.77 bits per heavy atom. The molecule has 35 heavy (non-hydrogen) atoms. The van der Waals surface area contributed by atoms with Gasteiger partial charge in [-0.15, -0.1) is 0 Å². The van der Waals surface area contributed by atoms with Crippen LogP contribution in [0.5, 0.6) is 0 Å². The highest BCUT2D eigenvalue weighted by atomic mass is 35.5. The summed E-state index contributed by atoms with van der Waals surface area (Å²) >= 11 is 6.20. The van der Waals surface area contributed by atoms with Crippen molar-refractivity contribution in [3.8, 4) is 6.07 Å². The number of benzene rings is 2. The summed E-state index contributed by atoms with van der Waals surface area (Å²) in [6.07, 6.45) is 0. The maximum atomic E-state index is 14.9. The van der Waals surface area contributed by atoms with E-state index in [-0.39, 0.29) is 39.1 Å². The molecule has 1 aliphatic rings. The average molecular weight is 499 g/mol. The van der Waals surface area contributed by atoms with Crippen molar-refractivity contribution in [1.29, 1.82) is 5.26 Å². The lowest BCUT2D eigenvalue weighted by atomic mass is 9.81. The number of nitrogens with zero attached hydrogens (tertiary/aromatic N) is 2. The van der Waals surface area contributed by atoms with Gasteiger partial charge < -0.3 is 20.5 Å². The van der Waals surface area contributed by atoms with Gasteiger partial charge in [-0.05, 0) is 11.6 Å². The van der Waals surface area contributed by atoms with E-state index >= 15 is 0 Å². The fourth-order valence-corrected chi connectivity index (χ4v) is 4.02. The number of carbonyl (C=O) groups is 3. The van der Waals surface area contributed by atoms with Crippen molar-refractivity contribution < 1.29 is 28.2 Å². The molecule has 0 radical (unpaired) electrons. The van der Waals surface area contributed by atoms with Gasteiger partial charge in [0.2, 0.25) is 5.91 Å². The Hall–Kier alpha value is -4.36. The number of halogens is 2. The van der Waals surface area contributed by atoms with E-state index in [2.05, 4.69) is 5.32 Å². The van der Waals surface area contributed by atoms with Gasteiger partial charge in [0, 0.05) is 13.0 Å². The number of anilines is 2. The second-order valence-corrected chi connectivity index (χ2v) is 7.71. The maximum Gasteiger partial charge on any atom is 0.355 e. The molecule has 0 saturated heterocycles. The molecule has 0 spiro atoms. The zero-order chi connectivity index (χ0) is 25.9. The molecule has 1 aliphatic heterocycles. The lowest BCUT2D eigenvalue weighted by molar-refractivity contribution is -0.139. The molecule has 3 N–H and O–H groups in total. The Kier molecular flexibility index (Phi) is 7.42. The summed E-state index contributed by atoms with van der Waals surface area (Å²) in [5, 5.41) is 12.1. The molecule has 2 aromatic carbocycles. The third-order valence-electron chi connectivity index (χ3n) is 5.20. The molecule has 0 saturated carbocycles. The topological polar surface area (TPSA) is 135 Å². The first-order valence-corrected chi connectivity index (χ1v) is 10.5. The first kappa shape index (κ1) is 25.3. The highest BCUT2D eigenvalue weighted by Crippen LogP contribution is 2.44. The largest absolute Gasteiger partial charge is 0.466 e. The first-order chi connectivity index (χ1) is 16.7. The molecule has 3 rings (SSSR count). The van der Waals surface area contributed by atoms with Crippen LogP contribution in [0.15, 0.2) is 65.1 Å². The van der Waals surface area contributed by atoms with Crippen molar-refractivity contribution in [1.82, 2.24) is 0 Å². The number of rotatable bonds is 5. The van der Waals surface area contributed by atoms with Crippen LogP contribution in [0.1, 0.15) is 18.4 Å². The summed E-state index contributed by atoms with van der Waals surface area (Å²) in [4.78, 5) is 38.4. The van der Waals surface area contributed by atoms with Gasteiger partial charge in [-0.25, -0.2) is 14.0 Å². The summed E-state index contributed by atoms with van der Waals surface area (Å²) in [5.74, 6) is -4.74. The predicted octanol–water partition coefficient (Wildman–Crippen LogP) is 3.34. The number of methoxy groups -OCH3 is 2. The van der Waals surface area contributed by atoms with Gasteiger partial charge in [0.05, 0.1) is 53.8 Å². The Bertz CT molecular complexity index is 1290. The van der Waals surface area contributed by atoms with Crippen LogP contribution in [0.25, 0.3) is 0 Å². The number of hydrogen-bond acceptors (Lipinski definition) is 8. The molecule has 0 aliphatic carbocycles. The SMILES string of the molecule is COC(=O)C1=C(C(=O)OC)N(c2cc(F)c(NC(C)=O)c(Cl)c2)C(N)=C(C#N)C1c1ccccc1. The zero-order valence-corrected chi connectivity index (χ0v) is 19.6. The summed E-state index contributed by atoms with van der Waals surface area (Å²) in [5.41, 5.74) is 5.74. The van der Waals surface area contributed by atoms with E-state index in [0.29, 0.717) is 5.56 Å². The van der Waals surface area contributed by atoms with E-state index in [9.17, 15) is 24.0 Å². The number of nitrogens with one attached hydrogen (secondary N) is 1. The number of esters is 2. The third-order valence-corrected chi connectivity index (χ3v) is 5.49. The van der Waals surface area contributed by atoms with Crippen molar-refractivity contribution in [3.63, 3.8) is 0 Å². The molecule has 0 aromatic heterocycles. The van der Waals surface area contributed by atoms with Crippen LogP contribution in [0.3, 0.4) is 0 Å². The summed E-state index contributed by atoms with van der Waals surface area (Å²) in [6, 6.07) is 12.6. The average Bonchev–Trinajstić information content (AvgIpc) is 2.84. The van der Waals surface area contributed by atoms with E-state index in [1.165, 1.54) is 13.0 Å². The minimum Gasteiger partial charge on any atom is -0.466 e. The highest BCUT2D eigenvalue weighted by Gasteiger charge is 2.43. The molecule has 180 valence electrons. The van der Waals surface area contributed by atoms with Crippen molar-refractivity contribution in [3.05, 3.63) is 81.5 Å². The van der Waals surface area contributed by atoms with Crippen molar-refractivity contribution in [2.45, 2.75) is 12.8 Å². The third kappa shape index (κ3) is 4.67. The molecule has 1 unspecified atom stereocenters. The monoisotopic (exact) mass is 498 g/mol. The molecule has 1 atom stereocenters. The van der Waals surface area contributed by atoms with Gasteiger partial charge in [0.25, 0.3) is 0 Å². The Balaban J connectivity index is 2.39. The van der Waals surface area contributed by atoms with E-state index < -0.39 is 29.6 Å². The lowest BCUT2D eigenvalue weighted by Gasteiger charge is -2.36. The molecule has 11 heteroatoms. The minimum atomic E-state index is -1.07. The Labute approximate surface area is 205 Å². The lowest BCUT2D eigenvalue weighted by Crippen LogP contribution is -2.40. The maximum absolute atomic E-state index is 14.9. The second kappa shape index (κ2) is 10.3. The normalized spacial score (nSPS) is 15.4. The van der Waals surface area contributed by atoms with Crippen LogP contribution in [-0.2, 0) is 23.9 Å². The predicted molar refractivity (Wildman–Crippen MR) is 125 cm³/mol. The van der Waals surface area contributed by atoms with Crippen LogP contribution in [-0.4, -0.2) is 32.1 Å². The van der Waals surface area contributed by atoms with E-state index in [1.807, 2.05) is 6.07 Å². The molecule has 1 heterocycles. The number of amides is 1. The molecular weight excluding hydrogens is 479 g/mol. The highest BCUT2D eigenvalue weighted by molar-refractivity contribution is 6.34. The quantitative estimate of drug-likeness (QED) is 0.599. The van der Waals surface area contributed by atoms with Crippen LogP contribution in [0.4, 0.5) is 15.8 Å². The summed E-state index contributed by atoms with van der Waals surface area (Å²) < 4.78 is 24.8. The van der Waals surface area contributed by atoms with Crippen molar-refractivity contribution in [2.24, 2.45) is 5.73 Å². The van der Waals surface area contributed by atoms with E-state index in [0.717, 1.165) is 25.2 Å². The summed E-state index contributed by atoms with van der Waals surface area (Å²) in [7, 11) is 2.20. The van der Waals surface area contributed by atoms with Crippen molar-refractivity contribution >= 4 is 40.8 Å². The minimum absolute atomic E-state index is 0.0910. The molecule has 9 nitrogen and oxygen atoms in total. The number of hydrogen-bond donors (Lipinski definition) is 2. The Morgan fingerprint density at radius 3 is 2.29 bits per heavy atom. The van der Waals surface area contributed by atoms with Gasteiger partial charge in [0.1, 0.15) is 17.3 Å². The Morgan fingerprint density at radius 1 is 1.14 bits per heavy atom. The van der Waals surface area contributed by atoms with Gasteiger partial charge in [-0.3, -0.25) is 9.69 Å². The number of carbonyl (C=O) groups excluding carboxylic acids is 3. The number of nitrogens with two attached hydrogens (primary N) is 1. The molecule has 1 amide bonds. The smallest absolute Gasteiger partial charge is 0.355 e. The number of ether oxygens (including phenoxy) is 2. The second-order valence-electron chi connectivity index (χ2n) is 7.30. The van der Waals surface area contributed by atoms with Gasteiger partial charge in [-0.2, -0.15) is 5.26 Å². The first-order valence-electron chi connectivity index (χ1n) is 10.1. The van der Waals surface area contributed by atoms with Crippen molar-refractivity contribution in [2.75, 3.05) is 24.4 Å². The zero-order valence-electron chi connectivity index (χ0n) is 18.9. The van der Waals surface area contributed by atoms with Crippen LogP contribution >= 0.6 is 11.6 Å². The number of allylic oxidation sites excluding steroid dienone is 1. The van der Waals surface area contributed by atoms with Gasteiger partial charge in [0.15, 0.2) is 0 Å². The van der Waals surface area contributed by atoms with Crippen LogP contribution in [0.2, 0.25) is 5.02 Å². The number of nitriles is 1. The van der Waals surface area contributed by atoms with Gasteiger partial charge in [-0.1, -0.05) is 41.9 Å². The molecule has 2 aromatic rings. The van der Waals surface area contributed by atoms with E-state index in [4.69, 9.17) is 26.8 Å².